The molecule has 0 radical (unpaired) electrons. The number of carbonyl (C=O) groups excluding carboxylic acids is 2. The van der Waals surface area contributed by atoms with Crippen LogP contribution >= 0.6 is 0 Å². The van der Waals surface area contributed by atoms with Gasteiger partial charge in [0.05, 0.1) is 11.4 Å². The number of carbonyl (C=O) groups is 3. The van der Waals surface area contributed by atoms with E-state index in [4.69, 9.17) is 10.8 Å². The van der Waals surface area contributed by atoms with E-state index in [-0.39, 0.29) is 11.6 Å². The molecule has 3 rings (SSSR count). The first-order chi connectivity index (χ1) is 15.2. The van der Waals surface area contributed by atoms with E-state index >= 15 is 0 Å². The summed E-state index contributed by atoms with van der Waals surface area (Å²) < 4.78 is 0. The van der Waals surface area contributed by atoms with Crippen LogP contribution in [0, 0.1) is 6.92 Å². The zero-order chi connectivity index (χ0) is 23.5. The topological polar surface area (TPSA) is 151 Å². The molecule has 10 nitrogen and oxygen atoms in total. The lowest BCUT2D eigenvalue weighted by atomic mass is 10.1. The average molecular weight is 441 g/mol. The van der Waals surface area contributed by atoms with Crippen molar-refractivity contribution >= 4 is 29.4 Å². The first-order valence-corrected chi connectivity index (χ1v) is 10.5. The van der Waals surface area contributed by atoms with E-state index in [2.05, 4.69) is 20.6 Å². The van der Waals surface area contributed by atoms with Gasteiger partial charge in [0.2, 0.25) is 5.91 Å². The van der Waals surface area contributed by atoms with E-state index in [1.54, 1.807) is 0 Å². The normalized spacial score (nSPS) is 13.8. The fraction of sp³-hybridized carbons (Fsp3) is 0.409. The van der Waals surface area contributed by atoms with Crippen LogP contribution in [0.15, 0.2) is 24.3 Å². The maximum absolute atomic E-state index is 12.5. The highest BCUT2D eigenvalue weighted by Gasteiger charge is 2.55. The Morgan fingerprint density at radius 2 is 1.97 bits per heavy atom. The van der Waals surface area contributed by atoms with Gasteiger partial charge in [0.1, 0.15) is 5.54 Å². The molecule has 1 aliphatic carbocycles. The van der Waals surface area contributed by atoms with Gasteiger partial charge >= 0.3 is 6.09 Å². The maximum Gasteiger partial charge on any atom is 0.407 e. The van der Waals surface area contributed by atoms with Crippen molar-refractivity contribution in [3.8, 4) is 0 Å². The van der Waals surface area contributed by atoms with E-state index in [0.29, 0.717) is 43.7 Å². The Balaban J connectivity index is 1.66. The molecule has 0 spiro atoms. The first-order valence-electron chi connectivity index (χ1n) is 10.5. The zero-order valence-electron chi connectivity index (χ0n) is 18.4. The van der Waals surface area contributed by atoms with Crippen molar-refractivity contribution in [3.05, 3.63) is 46.9 Å². The molecule has 1 saturated carbocycles. The lowest BCUT2D eigenvalue weighted by molar-refractivity contribution is -0.126. The molecule has 10 heteroatoms. The van der Waals surface area contributed by atoms with Gasteiger partial charge in [-0.25, -0.2) is 14.8 Å². The number of anilines is 2. The predicted octanol–water partition coefficient (Wildman–Crippen LogP) is 1.99. The Labute approximate surface area is 186 Å². The molecule has 0 bridgehead atoms. The molecule has 1 heterocycles. The van der Waals surface area contributed by atoms with Gasteiger partial charge in [-0.05, 0) is 50.3 Å². The van der Waals surface area contributed by atoms with Crippen LogP contribution in [0.1, 0.15) is 47.2 Å². The van der Waals surface area contributed by atoms with Crippen LogP contribution in [0.2, 0.25) is 0 Å². The molecule has 1 aromatic heterocycles. The van der Waals surface area contributed by atoms with Crippen molar-refractivity contribution in [1.82, 2.24) is 20.2 Å². The summed E-state index contributed by atoms with van der Waals surface area (Å²) in [6.45, 7) is 4.13. The SMILES string of the molecule is CCc1nc(C(N)=O)c(Nc2cccc(CCNC(=O)C3(N(C)C(=O)O)CC3)c2)nc1C. The second kappa shape index (κ2) is 9.21. The fourth-order valence-corrected chi connectivity index (χ4v) is 3.59. The number of nitrogens with one attached hydrogen (secondary N) is 2. The average Bonchev–Trinajstić information content (AvgIpc) is 3.55. The number of aryl methyl sites for hydroxylation is 2. The predicted molar refractivity (Wildman–Crippen MR) is 119 cm³/mol. The lowest BCUT2D eigenvalue weighted by Crippen LogP contribution is -2.49. The van der Waals surface area contributed by atoms with Gasteiger partial charge in [0, 0.05) is 19.3 Å². The lowest BCUT2D eigenvalue weighted by Gasteiger charge is -2.24. The molecule has 0 atom stereocenters. The molecule has 0 saturated heterocycles. The van der Waals surface area contributed by atoms with Gasteiger partial charge in [0.25, 0.3) is 5.91 Å². The van der Waals surface area contributed by atoms with Gasteiger partial charge < -0.3 is 21.5 Å². The number of primary amides is 1. The number of rotatable bonds is 9. The Kier molecular flexibility index (Phi) is 6.61. The molecule has 1 aliphatic rings. The van der Waals surface area contributed by atoms with Crippen molar-refractivity contribution in [2.45, 2.75) is 45.1 Å². The van der Waals surface area contributed by atoms with Gasteiger partial charge in [-0.15, -0.1) is 0 Å². The molecule has 5 N–H and O–H groups in total. The number of benzene rings is 1. The van der Waals surface area contributed by atoms with Crippen molar-refractivity contribution in [3.63, 3.8) is 0 Å². The van der Waals surface area contributed by atoms with Gasteiger partial charge in [-0.3, -0.25) is 14.5 Å². The van der Waals surface area contributed by atoms with Crippen LogP contribution in [-0.2, 0) is 17.6 Å². The van der Waals surface area contributed by atoms with Gasteiger partial charge in [-0.1, -0.05) is 19.1 Å². The molecular weight excluding hydrogens is 412 g/mol. The number of hydrogen-bond acceptors (Lipinski definition) is 6. The summed E-state index contributed by atoms with van der Waals surface area (Å²) >= 11 is 0. The van der Waals surface area contributed by atoms with Crippen molar-refractivity contribution in [2.75, 3.05) is 18.9 Å². The minimum absolute atomic E-state index is 0.0856. The van der Waals surface area contributed by atoms with Crippen molar-refractivity contribution in [2.24, 2.45) is 5.73 Å². The van der Waals surface area contributed by atoms with Crippen LogP contribution in [-0.4, -0.2) is 57.0 Å². The van der Waals surface area contributed by atoms with E-state index in [1.165, 1.54) is 7.05 Å². The zero-order valence-corrected chi connectivity index (χ0v) is 18.4. The van der Waals surface area contributed by atoms with Crippen molar-refractivity contribution < 1.29 is 19.5 Å². The second-order valence-electron chi connectivity index (χ2n) is 7.88. The van der Waals surface area contributed by atoms with Crippen LogP contribution in [0.25, 0.3) is 0 Å². The third kappa shape index (κ3) is 4.79. The Bertz CT molecular complexity index is 1050. The van der Waals surface area contributed by atoms with Gasteiger partial charge in [0.15, 0.2) is 11.5 Å². The second-order valence-corrected chi connectivity index (χ2v) is 7.88. The van der Waals surface area contributed by atoms with Crippen LogP contribution in [0.5, 0.6) is 0 Å². The Morgan fingerprint density at radius 1 is 1.25 bits per heavy atom. The Hall–Kier alpha value is -3.69. The van der Waals surface area contributed by atoms with Crippen LogP contribution in [0.3, 0.4) is 0 Å². The molecule has 1 fully saturated rings. The number of nitrogens with two attached hydrogens (primary N) is 1. The molecule has 2 aromatic rings. The van der Waals surface area contributed by atoms with E-state index < -0.39 is 17.5 Å². The third-order valence-corrected chi connectivity index (χ3v) is 5.70. The minimum atomic E-state index is -1.11. The summed E-state index contributed by atoms with van der Waals surface area (Å²) in [5.74, 6) is -0.636. The highest BCUT2D eigenvalue weighted by molar-refractivity contribution is 5.96. The van der Waals surface area contributed by atoms with E-state index in [0.717, 1.165) is 21.9 Å². The molecule has 170 valence electrons. The molecule has 32 heavy (non-hydrogen) atoms. The fourth-order valence-electron chi connectivity index (χ4n) is 3.59. The summed E-state index contributed by atoms with van der Waals surface area (Å²) in [7, 11) is 1.42. The molecule has 0 unspecified atom stereocenters. The monoisotopic (exact) mass is 440 g/mol. The Morgan fingerprint density at radius 3 is 2.56 bits per heavy atom. The number of nitrogens with zero attached hydrogens (tertiary/aromatic N) is 3. The molecular formula is C22H28N6O4. The minimum Gasteiger partial charge on any atom is -0.465 e. The van der Waals surface area contributed by atoms with Crippen LogP contribution < -0.4 is 16.4 Å². The van der Waals surface area contributed by atoms with Crippen LogP contribution in [0.4, 0.5) is 16.3 Å². The maximum atomic E-state index is 12.5. The smallest absolute Gasteiger partial charge is 0.407 e. The van der Waals surface area contributed by atoms with E-state index in [9.17, 15) is 14.4 Å². The summed E-state index contributed by atoms with van der Waals surface area (Å²) in [6.07, 6.45) is 1.14. The van der Waals surface area contributed by atoms with Gasteiger partial charge in [-0.2, -0.15) is 0 Å². The summed E-state index contributed by atoms with van der Waals surface area (Å²) in [5.41, 5.74) is 7.72. The number of hydrogen-bond donors (Lipinski definition) is 4. The third-order valence-electron chi connectivity index (χ3n) is 5.70. The number of likely N-dealkylation sites (N-methyl/N-ethyl adjacent to an activating group) is 1. The molecule has 0 aliphatic heterocycles. The first kappa shape index (κ1) is 23.0. The molecule has 1 aromatic carbocycles. The standard InChI is InChI=1S/C22H28N6O4/c1-4-16-13(2)25-19(17(27-16)18(23)29)26-15-7-5-6-14(12-15)8-11-24-20(30)22(9-10-22)28(3)21(31)32/h5-7,12H,4,8-11H2,1-3H3,(H2,23,29)(H,24,30)(H,25,26)(H,31,32). The number of aromatic nitrogens is 2. The van der Waals surface area contributed by atoms with Crippen molar-refractivity contribution in [1.29, 1.82) is 0 Å². The van der Waals surface area contributed by atoms with E-state index in [1.807, 2.05) is 38.1 Å². The summed E-state index contributed by atoms with van der Waals surface area (Å²) in [4.78, 5) is 45.4. The number of amides is 3. The summed E-state index contributed by atoms with van der Waals surface area (Å²) in [6, 6.07) is 7.49. The quantitative estimate of drug-likeness (QED) is 0.465. The highest BCUT2D eigenvalue weighted by Crippen LogP contribution is 2.41. The summed E-state index contributed by atoms with van der Waals surface area (Å²) in [5, 5.41) is 15.1. The number of carboxylic acid groups (broad SMARTS) is 1. The largest absolute Gasteiger partial charge is 0.465 e. The highest BCUT2D eigenvalue weighted by atomic mass is 16.4. The molecule has 3 amide bonds.